The fourth-order valence-electron chi connectivity index (χ4n) is 2.22. The average Bonchev–Trinajstić information content (AvgIpc) is 2.91. The molecule has 1 aromatic heterocycles. The van der Waals surface area contributed by atoms with Crippen LogP contribution in [0.1, 0.15) is 24.6 Å². The van der Waals surface area contributed by atoms with Crippen molar-refractivity contribution in [3.8, 4) is 0 Å². The van der Waals surface area contributed by atoms with E-state index in [0.29, 0.717) is 19.1 Å². The van der Waals surface area contributed by atoms with Crippen molar-refractivity contribution in [1.29, 1.82) is 0 Å². The number of hydrogen-bond acceptors (Lipinski definition) is 3. The molecule has 16 heavy (non-hydrogen) atoms. The molecular weight excluding hydrogens is 206 g/mol. The van der Waals surface area contributed by atoms with Gasteiger partial charge in [0.05, 0.1) is 17.9 Å². The van der Waals surface area contributed by atoms with E-state index in [0.717, 1.165) is 6.54 Å². The van der Waals surface area contributed by atoms with Crippen molar-refractivity contribution in [2.24, 2.45) is 5.92 Å². The minimum Gasteiger partial charge on any atom is -0.481 e. The molecule has 0 spiro atoms. The van der Waals surface area contributed by atoms with Gasteiger partial charge >= 0.3 is 5.97 Å². The predicted octanol–water partition coefficient (Wildman–Crippen LogP) is 0.734. The van der Waals surface area contributed by atoms with Crippen molar-refractivity contribution < 1.29 is 9.90 Å². The zero-order valence-electron chi connectivity index (χ0n) is 9.04. The summed E-state index contributed by atoms with van der Waals surface area (Å²) in [5, 5.41) is 8.79. The van der Waals surface area contributed by atoms with Crippen molar-refractivity contribution in [3.05, 3.63) is 18.2 Å². The molecule has 1 aromatic rings. The lowest BCUT2D eigenvalue weighted by atomic mass is 10.0. The van der Waals surface area contributed by atoms with Crippen LogP contribution in [0, 0.1) is 5.92 Å². The van der Waals surface area contributed by atoms with Gasteiger partial charge in [0.1, 0.15) is 0 Å². The minimum absolute atomic E-state index is 0.169. The summed E-state index contributed by atoms with van der Waals surface area (Å²) >= 11 is 0. The average molecular weight is 221 g/mol. The largest absolute Gasteiger partial charge is 0.481 e. The normalized spacial score (nSPS) is 22.0. The first-order valence-corrected chi connectivity index (χ1v) is 5.70. The Bertz CT molecular complexity index is 405. The Labute approximate surface area is 93.7 Å². The lowest BCUT2D eigenvalue weighted by Gasteiger charge is -2.36. The van der Waals surface area contributed by atoms with Crippen LogP contribution in [0.4, 0.5) is 0 Å². The molecule has 0 bridgehead atoms. The first kappa shape index (κ1) is 9.84. The van der Waals surface area contributed by atoms with E-state index >= 15 is 0 Å². The van der Waals surface area contributed by atoms with Crippen LogP contribution in [0.15, 0.2) is 12.5 Å². The smallest absolute Gasteiger partial charge is 0.309 e. The molecule has 0 atom stereocenters. The van der Waals surface area contributed by atoms with E-state index in [1.165, 1.54) is 18.5 Å². The number of carboxylic acids is 1. The van der Waals surface area contributed by atoms with Gasteiger partial charge in [-0.3, -0.25) is 9.69 Å². The topological polar surface area (TPSA) is 58.4 Å². The Morgan fingerprint density at radius 1 is 1.50 bits per heavy atom. The number of carboxylic acid groups (broad SMARTS) is 1. The van der Waals surface area contributed by atoms with Gasteiger partial charge in [-0.1, -0.05) is 0 Å². The quantitative estimate of drug-likeness (QED) is 0.814. The number of hydrogen-bond donors (Lipinski definition) is 1. The number of carbonyl (C=O) groups is 1. The molecule has 2 heterocycles. The van der Waals surface area contributed by atoms with Crippen molar-refractivity contribution in [2.45, 2.75) is 25.4 Å². The molecule has 5 nitrogen and oxygen atoms in total. The second-order valence-electron chi connectivity index (χ2n) is 4.75. The van der Waals surface area contributed by atoms with E-state index in [2.05, 4.69) is 14.5 Å². The van der Waals surface area contributed by atoms with Gasteiger partial charge in [0.25, 0.3) is 0 Å². The summed E-state index contributed by atoms with van der Waals surface area (Å²) < 4.78 is 2.23. The van der Waals surface area contributed by atoms with Gasteiger partial charge in [-0.05, 0) is 12.8 Å². The Morgan fingerprint density at radius 3 is 2.88 bits per heavy atom. The summed E-state index contributed by atoms with van der Waals surface area (Å²) in [7, 11) is 0. The molecule has 86 valence electrons. The van der Waals surface area contributed by atoms with Crippen LogP contribution < -0.4 is 0 Å². The number of rotatable bonds is 4. The highest BCUT2D eigenvalue weighted by Gasteiger charge is 2.33. The monoisotopic (exact) mass is 221 g/mol. The Morgan fingerprint density at radius 2 is 2.25 bits per heavy atom. The van der Waals surface area contributed by atoms with Gasteiger partial charge in [-0.15, -0.1) is 0 Å². The SMILES string of the molecule is O=C(O)C1CN(Cc2cncn2C2CC2)C1. The van der Waals surface area contributed by atoms with E-state index in [4.69, 9.17) is 5.11 Å². The minimum atomic E-state index is -0.674. The summed E-state index contributed by atoms with van der Waals surface area (Å²) in [4.78, 5) is 17.0. The highest BCUT2D eigenvalue weighted by molar-refractivity contribution is 5.71. The molecule has 0 unspecified atom stereocenters. The van der Waals surface area contributed by atoms with Crippen molar-refractivity contribution >= 4 is 5.97 Å². The van der Waals surface area contributed by atoms with Gasteiger partial charge in [-0.25, -0.2) is 4.98 Å². The standard InChI is InChI=1S/C11H15N3O2/c15-11(16)8-4-13(5-8)6-10-3-12-7-14(10)9-1-2-9/h3,7-9H,1-2,4-6H2,(H,15,16). The van der Waals surface area contributed by atoms with Crippen LogP contribution in [-0.4, -0.2) is 38.6 Å². The Kier molecular flexibility index (Phi) is 2.21. The molecule has 2 aliphatic rings. The molecule has 5 heteroatoms. The zero-order valence-corrected chi connectivity index (χ0v) is 9.04. The molecule has 2 fully saturated rings. The van der Waals surface area contributed by atoms with Crippen molar-refractivity contribution in [1.82, 2.24) is 14.5 Å². The second-order valence-corrected chi connectivity index (χ2v) is 4.75. The molecule has 1 aliphatic carbocycles. The Hall–Kier alpha value is -1.36. The van der Waals surface area contributed by atoms with Crippen LogP contribution in [-0.2, 0) is 11.3 Å². The van der Waals surface area contributed by atoms with Gasteiger partial charge in [-0.2, -0.15) is 0 Å². The molecule has 0 aromatic carbocycles. The van der Waals surface area contributed by atoms with Crippen molar-refractivity contribution in [3.63, 3.8) is 0 Å². The summed E-state index contributed by atoms with van der Waals surface area (Å²) in [6, 6.07) is 0.647. The van der Waals surface area contributed by atoms with E-state index < -0.39 is 5.97 Å². The lowest BCUT2D eigenvalue weighted by molar-refractivity contribution is -0.147. The number of imidazole rings is 1. The molecular formula is C11H15N3O2. The highest BCUT2D eigenvalue weighted by atomic mass is 16.4. The van der Waals surface area contributed by atoms with E-state index in [1.807, 2.05) is 12.5 Å². The van der Waals surface area contributed by atoms with Crippen LogP contribution >= 0.6 is 0 Å². The molecule has 1 N–H and O–H groups in total. The first-order valence-electron chi connectivity index (χ1n) is 5.70. The van der Waals surface area contributed by atoms with Gasteiger partial charge < -0.3 is 9.67 Å². The van der Waals surface area contributed by atoms with Gasteiger partial charge in [0.15, 0.2) is 0 Å². The molecule has 1 saturated heterocycles. The van der Waals surface area contributed by atoms with E-state index in [9.17, 15) is 4.79 Å². The van der Waals surface area contributed by atoms with Crippen LogP contribution in [0.2, 0.25) is 0 Å². The fraction of sp³-hybridized carbons (Fsp3) is 0.636. The third kappa shape index (κ3) is 1.71. The molecule has 1 saturated carbocycles. The summed E-state index contributed by atoms with van der Waals surface area (Å²) in [5.74, 6) is -0.843. The maximum absolute atomic E-state index is 10.7. The molecule has 0 radical (unpaired) electrons. The second kappa shape index (κ2) is 3.59. The van der Waals surface area contributed by atoms with Crippen LogP contribution in [0.3, 0.4) is 0 Å². The zero-order chi connectivity index (χ0) is 11.1. The van der Waals surface area contributed by atoms with Crippen LogP contribution in [0.5, 0.6) is 0 Å². The molecule has 3 rings (SSSR count). The number of likely N-dealkylation sites (tertiary alicyclic amines) is 1. The van der Waals surface area contributed by atoms with E-state index in [1.54, 1.807) is 0 Å². The molecule has 0 amide bonds. The molecule has 1 aliphatic heterocycles. The lowest BCUT2D eigenvalue weighted by Crippen LogP contribution is -2.49. The maximum Gasteiger partial charge on any atom is 0.309 e. The third-order valence-corrected chi connectivity index (χ3v) is 3.38. The summed E-state index contributed by atoms with van der Waals surface area (Å²) in [5.41, 5.74) is 1.21. The number of aromatic nitrogens is 2. The Balaban J connectivity index is 1.59. The summed E-state index contributed by atoms with van der Waals surface area (Å²) in [6.07, 6.45) is 6.29. The van der Waals surface area contributed by atoms with Crippen molar-refractivity contribution in [2.75, 3.05) is 13.1 Å². The van der Waals surface area contributed by atoms with Gasteiger partial charge in [0, 0.05) is 31.9 Å². The maximum atomic E-state index is 10.7. The fourth-order valence-corrected chi connectivity index (χ4v) is 2.22. The van der Waals surface area contributed by atoms with E-state index in [-0.39, 0.29) is 5.92 Å². The number of nitrogens with zero attached hydrogens (tertiary/aromatic N) is 3. The van der Waals surface area contributed by atoms with Crippen LogP contribution in [0.25, 0.3) is 0 Å². The number of aliphatic carboxylic acids is 1. The van der Waals surface area contributed by atoms with Gasteiger partial charge in [0.2, 0.25) is 0 Å². The predicted molar refractivity (Wildman–Crippen MR) is 56.9 cm³/mol. The highest BCUT2D eigenvalue weighted by Crippen LogP contribution is 2.36. The first-order chi connectivity index (χ1) is 7.74. The third-order valence-electron chi connectivity index (χ3n) is 3.38. The summed E-state index contributed by atoms with van der Waals surface area (Å²) in [6.45, 7) is 2.18.